The van der Waals surface area contributed by atoms with Gasteiger partial charge >= 0.3 is 0 Å². The van der Waals surface area contributed by atoms with Gasteiger partial charge in [-0.1, -0.05) is 38.1 Å². The molecule has 0 saturated carbocycles. The summed E-state index contributed by atoms with van der Waals surface area (Å²) < 4.78 is 10.7. The van der Waals surface area contributed by atoms with E-state index in [9.17, 15) is 5.11 Å². The molecule has 0 aliphatic heterocycles. The maximum absolute atomic E-state index is 9.83. The molecule has 1 N–H and O–H groups in total. The van der Waals surface area contributed by atoms with Crippen LogP contribution in [0.1, 0.15) is 25.0 Å². The van der Waals surface area contributed by atoms with Gasteiger partial charge in [-0.25, -0.2) is 0 Å². The molecule has 0 saturated heterocycles. The van der Waals surface area contributed by atoms with Gasteiger partial charge in [0.25, 0.3) is 0 Å². The van der Waals surface area contributed by atoms with E-state index in [0.29, 0.717) is 5.25 Å². The number of methoxy groups -OCH3 is 2. The molecular weight excluding hydrogens is 364 g/mol. The second kappa shape index (κ2) is 10.8. The van der Waals surface area contributed by atoms with Crippen LogP contribution in [0.15, 0.2) is 47.4 Å². The number of hydrogen-bond acceptors (Lipinski definition) is 5. The number of rotatable bonds is 10. The van der Waals surface area contributed by atoms with Gasteiger partial charge in [-0.05, 0) is 35.7 Å². The van der Waals surface area contributed by atoms with Gasteiger partial charge in [0.2, 0.25) is 0 Å². The normalized spacial score (nSPS) is 12.2. The van der Waals surface area contributed by atoms with Gasteiger partial charge in [-0.3, -0.25) is 0 Å². The third-order valence-corrected chi connectivity index (χ3v) is 6.31. The van der Waals surface area contributed by atoms with Gasteiger partial charge in [0.05, 0.1) is 20.8 Å². The standard InChI is InChI=1S/C21H28O3S2/c1-15(2)26-21-8-6-5-7-17(21)14-25-18(13-22)11-16-9-10-19(23-3)20(12-16)24-4/h5-10,12,15,18,22H,11,13-14H2,1-4H3. The van der Waals surface area contributed by atoms with Crippen molar-refractivity contribution in [2.24, 2.45) is 0 Å². The highest BCUT2D eigenvalue weighted by Gasteiger charge is 2.13. The molecular formula is C21H28O3S2. The van der Waals surface area contributed by atoms with Crippen molar-refractivity contribution in [1.29, 1.82) is 0 Å². The lowest BCUT2D eigenvalue weighted by atomic mass is 10.1. The van der Waals surface area contributed by atoms with Crippen LogP contribution in [-0.2, 0) is 12.2 Å². The minimum atomic E-state index is 0.144. The molecule has 0 fully saturated rings. The summed E-state index contributed by atoms with van der Waals surface area (Å²) in [6.45, 7) is 4.57. The first-order chi connectivity index (χ1) is 12.6. The smallest absolute Gasteiger partial charge is 0.160 e. The highest BCUT2D eigenvalue weighted by Crippen LogP contribution is 2.32. The number of ether oxygens (including phenoxy) is 2. The fourth-order valence-electron chi connectivity index (χ4n) is 2.65. The van der Waals surface area contributed by atoms with Crippen molar-refractivity contribution in [3.8, 4) is 11.5 Å². The highest BCUT2D eigenvalue weighted by atomic mass is 32.2. The predicted octanol–water partition coefficient (Wildman–Crippen LogP) is 5.04. The van der Waals surface area contributed by atoms with Crippen molar-refractivity contribution in [2.45, 2.75) is 41.4 Å². The van der Waals surface area contributed by atoms with Crippen molar-refractivity contribution in [3.05, 3.63) is 53.6 Å². The van der Waals surface area contributed by atoms with E-state index in [1.165, 1.54) is 10.5 Å². The largest absolute Gasteiger partial charge is 0.493 e. The Morgan fingerprint density at radius 1 is 1.00 bits per heavy atom. The second-order valence-electron chi connectivity index (χ2n) is 6.28. The number of thioether (sulfide) groups is 2. The Kier molecular flexibility index (Phi) is 8.69. The molecule has 142 valence electrons. The molecule has 5 heteroatoms. The summed E-state index contributed by atoms with van der Waals surface area (Å²) in [6, 6.07) is 14.5. The molecule has 3 nitrogen and oxygen atoms in total. The maximum atomic E-state index is 9.83. The summed E-state index contributed by atoms with van der Waals surface area (Å²) in [5.41, 5.74) is 2.47. The van der Waals surface area contributed by atoms with Crippen molar-refractivity contribution in [2.75, 3.05) is 20.8 Å². The quantitative estimate of drug-likeness (QED) is 0.573. The van der Waals surface area contributed by atoms with Crippen LogP contribution in [0.3, 0.4) is 0 Å². The first kappa shape index (κ1) is 21.0. The van der Waals surface area contributed by atoms with E-state index >= 15 is 0 Å². The van der Waals surface area contributed by atoms with Crippen molar-refractivity contribution < 1.29 is 14.6 Å². The molecule has 2 aromatic carbocycles. The summed E-state index contributed by atoms with van der Waals surface area (Å²) in [6.07, 6.45) is 0.793. The van der Waals surface area contributed by atoms with Crippen LogP contribution < -0.4 is 9.47 Å². The summed E-state index contributed by atoms with van der Waals surface area (Å²) in [5, 5.41) is 10.5. The molecule has 2 rings (SSSR count). The molecule has 0 radical (unpaired) electrons. The maximum Gasteiger partial charge on any atom is 0.160 e. The lowest BCUT2D eigenvalue weighted by molar-refractivity contribution is 0.294. The second-order valence-corrected chi connectivity index (χ2v) is 9.19. The van der Waals surface area contributed by atoms with E-state index in [-0.39, 0.29) is 11.9 Å². The van der Waals surface area contributed by atoms with Crippen LogP contribution in [0.4, 0.5) is 0 Å². The molecule has 0 bridgehead atoms. The first-order valence-electron chi connectivity index (χ1n) is 8.75. The Labute approximate surface area is 165 Å². The highest BCUT2D eigenvalue weighted by molar-refractivity contribution is 8.00. The minimum absolute atomic E-state index is 0.144. The number of aliphatic hydroxyl groups excluding tert-OH is 1. The van der Waals surface area contributed by atoms with Gasteiger partial charge in [-0.15, -0.1) is 11.8 Å². The van der Waals surface area contributed by atoms with Gasteiger partial charge in [0.15, 0.2) is 11.5 Å². The monoisotopic (exact) mass is 392 g/mol. The van der Waals surface area contributed by atoms with Gasteiger partial charge in [0, 0.05) is 21.1 Å². The topological polar surface area (TPSA) is 38.7 Å². The molecule has 1 atom stereocenters. The van der Waals surface area contributed by atoms with Crippen molar-refractivity contribution >= 4 is 23.5 Å². The molecule has 0 heterocycles. The van der Waals surface area contributed by atoms with Crippen molar-refractivity contribution in [1.82, 2.24) is 0 Å². The summed E-state index contributed by atoms with van der Waals surface area (Å²) >= 11 is 3.69. The molecule has 0 aliphatic carbocycles. The first-order valence-corrected chi connectivity index (χ1v) is 10.7. The van der Waals surface area contributed by atoms with Crippen molar-refractivity contribution in [3.63, 3.8) is 0 Å². The summed E-state index contributed by atoms with van der Waals surface area (Å²) in [7, 11) is 3.28. The molecule has 0 aromatic heterocycles. The Hall–Kier alpha value is -1.30. The Morgan fingerprint density at radius 2 is 1.73 bits per heavy atom. The zero-order chi connectivity index (χ0) is 18.9. The van der Waals surface area contributed by atoms with Crippen LogP contribution in [0, 0.1) is 0 Å². The number of benzene rings is 2. The van der Waals surface area contributed by atoms with Gasteiger partial charge in [-0.2, -0.15) is 11.8 Å². The predicted molar refractivity (Wildman–Crippen MR) is 113 cm³/mol. The molecule has 0 aliphatic rings. The van der Waals surface area contributed by atoms with Crippen LogP contribution >= 0.6 is 23.5 Å². The fourth-order valence-corrected chi connectivity index (χ4v) is 4.78. The Morgan fingerprint density at radius 3 is 2.38 bits per heavy atom. The van der Waals surface area contributed by atoms with E-state index in [4.69, 9.17) is 9.47 Å². The van der Waals surface area contributed by atoms with Crippen LogP contribution in [0.25, 0.3) is 0 Å². The lowest BCUT2D eigenvalue weighted by Crippen LogP contribution is -2.13. The minimum Gasteiger partial charge on any atom is -0.493 e. The van der Waals surface area contributed by atoms with Crippen LogP contribution in [-0.4, -0.2) is 36.4 Å². The van der Waals surface area contributed by atoms with E-state index in [1.54, 1.807) is 26.0 Å². The SMILES string of the molecule is COc1ccc(CC(CO)SCc2ccccc2SC(C)C)cc1OC. The van der Waals surface area contributed by atoms with Gasteiger partial charge < -0.3 is 14.6 Å². The van der Waals surface area contributed by atoms with Crippen LogP contribution in [0.2, 0.25) is 0 Å². The number of hydrogen-bond donors (Lipinski definition) is 1. The Balaban J connectivity index is 2.02. The number of aliphatic hydroxyl groups is 1. The zero-order valence-electron chi connectivity index (χ0n) is 15.9. The molecule has 0 amide bonds. The third kappa shape index (κ3) is 6.15. The zero-order valence-corrected chi connectivity index (χ0v) is 17.5. The van der Waals surface area contributed by atoms with E-state index in [0.717, 1.165) is 29.2 Å². The molecule has 26 heavy (non-hydrogen) atoms. The van der Waals surface area contributed by atoms with Crippen LogP contribution in [0.5, 0.6) is 11.5 Å². The van der Waals surface area contributed by atoms with Gasteiger partial charge in [0.1, 0.15) is 0 Å². The Bertz CT molecular complexity index is 689. The van der Waals surface area contributed by atoms with E-state index in [1.807, 2.05) is 30.0 Å². The van der Waals surface area contributed by atoms with E-state index in [2.05, 4.69) is 38.1 Å². The fraction of sp³-hybridized carbons (Fsp3) is 0.429. The van der Waals surface area contributed by atoms with E-state index < -0.39 is 0 Å². The summed E-state index contributed by atoms with van der Waals surface area (Å²) in [4.78, 5) is 1.33. The molecule has 2 aromatic rings. The molecule has 0 spiro atoms. The lowest BCUT2D eigenvalue weighted by Gasteiger charge is -2.17. The summed E-state index contributed by atoms with van der Waals surface area (Å²) in [5.74, 6) is 2.35. The average Bonchev–Trinajstić information content (AvgIpc) is 2.65. The molecule has 1 unspecified atom stereocenters. The average molecular weight is 393 g/mol. The third-order valence-electron chi connectivity index (χ3n) is 3.92.